The molecule has 0 spiro atoms. The number of hydrogen-bond donors (Lipinski definition) is 1. The molecule has 1 saturated carbocycles. The summed E-state index contributed by atoms with van der Waals surface area (Å²) in [5.74, 6) is 0.559. The highest BCUT2D eigenvalue weighted by Gasteiger charge is 2.33. The van der Waals surface area contributed by atoms with E-state index in [1.165, 1.54) is 18.4 Å². The summed E-state index contributed by atoms with van der Waals surface area (Å²) < 4.78 is 0.850. The van der Waals surface area contributed by atoms with Gasteiger partial charge in [-0.2, -0.15) is 0 Å². The molecule has 1 aliphatic rings. The van der Waals surface area contributed by atoms with E-state index in [4.69, 9.17) is 0 Å². The lowest BCUT2D eigenvalue weighted by Gasteiger charge is -2.19. The minimum atomic E-state index is -0.0115. The molecule has 2 nitrogen and oxygen atoms in total. The van der Waals surface area contributed by atoms with Gasteiger partial charge in [-0.15, -0.1) is 0 Å². The van der Waals surface area contributed by atoms with Gasteiger partial charge in [-0.25, -0.2) is 0 Å². The van der Waals surface area contributed by atoms with Crippen LogP contribution < -0.4 is 5.32 Å². The maximum absolute atomic E-state index is 12.6. The van der Waals surface area contributed by atoms with Gasteiger partial charge in [-0.05, 0) is 64.9 Å². The molecule has 1 fully saturated rings. The first-order valence-corrected chi connectivity index (χ1v) is 8.06. The number of carbonyl (C=O) groups is 1. The molecule has 3 rings (SSSR count). The second-order valence-corrected chi connectivity index (χ2v) is 6.54. The first-order valence-electron chi connectivity index (χ1n) is 7.27. The molecule has 21 heavy (non-hydrogen) atoms. The molecule has 1 N–H and O–H groups in total. The average Bonchev–Trinajstić information content (AvgIpc) is 3.30. The number of halogens is 1. The predicted octanol–water partition coefficient (Wildman–Crippen LogP) is 4.64. The smallest absolute Gasteiger partial charge is 0.252 e. The molecule has 0 radical (unpaired) electrons. The second-order valence-electron chi connectivity index (χ2n) is 5.68. The highest BCUT2D eigenvalue weighted by atomic mass is 79.9. The molecule has 0 bridgehead atoms. The van der Waals surface area contributed by atoms with E-state index in [9.17, 15) is 4.79 Å². The summed E-state index contributed by atoms with van der Waals surface area (Å²) in [5, 5.41) is 3.20. The first-order chi connectivity index (χ1) is 10.1. The lowest BCUT2D eigenvalue weighted by molar-refractivity contribution is 0.0931. The highest BCUT2D eigenvalue weighted by Crippen LogP contribution is 2.41. The van der Waals surface area contributed by atoms with E-state index in [0.717, 1.165) is 10.0 Å². The fourth-order valence-electron chi connectivity index (χ4n) is 2.59. The molecule has 1 amide bonds. The topological polar surface area (TPSA) is 29.1 Å². The molecule has 2 aromatic carbocycles. The van der Waals surface area contributed by atoms with E-state index in [1.807, 2.05) is 43.3 Å². The van der Waals surface area contributed by atoms with Gasteiger partial charge >= 0.3 is 0 Å². The van der Waals surface area contributed by atoms with Crippen LogP contribution in [0.25, 0.3) is 0 Å². The van der Waals surface area contributed by atoms with Crippen molar-refractivity contribution in [1.29, 1.82) is 0 Å². The summed E-state index contributed by atoms with van der Waals surface area (Å²) in [6.45, 7) is 2.02. The van der Waals surface area contributed by atoms with Crippen molar-refractivity contribution in [2.24, 2.45) is 5.92 Å². The van der Waals surface area contributed by atoms with E-state index in [-0.39, 0.29) is 11.9 Å². The maximum atomic E-state index is 12.6. The molecule has 1 atom stereocenters. The van der Waals surface area contributed by atoms with Crippen molar-refractivity contribution in [3.8, 4) is 0 Å². The van der Waals surface area contributed by atoms with Crippen LogP contribution in [0.15, 0.2) is 53.0 Å². The van der Waals surface area contributed by atoms with Gasteiger partial charge in [0.1, 0.15) is 0 Å². The van der Waals surface area contributed by atoms with Crippen LogP contribution in [0, 0.1) is 12.8 Å². The standard InChI is InChI=1S/C18H18BrNO/c1-12-7-10-15(16(19)11-12)18(21)20-17(14-8-9-14)13-5-3-2-4-6-13/h2-7,10-11,14,17H,8-9H2,1H3,(H,20,21). The molecule has 1 aliphatic carbocycles. The van der Waals surface area contributed by atoms with Crippen LogP contribution in [0.2, 0.25) is 0 Å². The van der Waals surface area contributed by atoms with Gasteiger partial charge in [0.15, 0.2) is 0 Å². The number of nitrogens with one attached hydrogen (secondary N) is 1. The quantitative estimate of drug-likeness (QED) is 0.860. The van der Waals surface area contributed by atoms with Crippen LogP contribution in [-0.2, 0) is 0 Å². The Morgan fingerprint density at radius 2 is 1.90 bits per heavy atom. The zero-order valence-corrected chi connectivity index (χ0v) is 13.6. The van der Waals surface area contributed by atoms with E-state index in [1.54, 1.807) is 0 Å². The van der Waals surface area contributed by atoms with E-state index in [0.29, 0.717) is 11.5 Å². The third-order valence-electron chi connectivity index (χ3n) is 3.91. The largest absolute Gasteiger partial charge is 0.345 e. The van der Waals surface area contributed by atoms with E-state index < -0.39 is 0 Å². The number of rotatable bonds is 4. The van der Waals surface area contributed by atoms with E-state index in [2.05, 4.69) is 33.4 Å². The fourth-order valence-corrected chi connectivity index (χ4v) is 3.26. The summed E-state index contributed by atoms with van der Waals surface area (Å²) in [6, 6.07) is 16.2. The number of hydrogen-bond acceptors (Lipinski definition) is 1. The van der Waals surface area contributed by atoms with Gasteiger partial charge in [0.25, 0.3) is 5.91 Å². The van der Waals surface area contributed by atoms with Gasteiger partial charge in [0.2, 0.25) is 0 Å². The van der Waals surface area contributed by atoms with Crippen molar-refractivity contribution in [3.63, 3.8) is 0 Å². The SMILES string of the molecule is Cc1ccc(C(=O)NC(c2ccccc2)C2CC2)c(Br)c1. The second kappa shape index (κ2) is 6.02. The molecule has 0 saturated heterocycles. The van der Waals surface area contributed by atoms with Crippen LogP contribution in [-0.4, -0.2) is 5.91 Å². The summed E-state index contributed by atoms with van der Waals surface area (Å²) >= 11 is 3.49. The van der Waals surface area contributed by atoms with Crippen molar-refractivity contribution in [2.45, 2.75) is 25.8 Å². The van der Waals surface area contributed by atoms with Crippen molar-refractivity contribution in [3.05, 3.63) is 69.7 Å². The monoisotopic (exact) mass is 343 g/mol. The van der Waals surface area contributed by atoms with Crippen LogP contribution in [0.4, 0.5) is 0 Å². The van der Waals surface area contributed by atoms with Crippen LogP contribution in [0.1, 0.15) is 40.4 Å². The van der Waals surface area contributed by atoms with Gasteiger partial charge in [0.05, 0.1) is 11.6 Å². The Labute approximate surface area is 133 Å². The Hall–Kier alpha value is -1.61. The zero-order chi connectivity index (χ0) is 14.8. The third kappa shape index (κ3) is 3.35. The fraction of sp³-hybridized carbons (Fsp3) is 0.278. The number of carbonyl (C=O) groups excluding carboxylic acids is 1. The van der Waals surface area contributed by atoms with Crippen molar-refractivity contribution in [2.75, 3.05) is 0 Å². The molecule has 0 aromatic heterocycles. The van der Waals surface area contributed by atoms with Crippen LogP contribution >= 0.6 is 15.9 Å². The Balaban J connectivity index is 1.81. The Morgan fingerprint density at radius 1 is 1.19 bits per heavy atom. The lowest BCUT2D eigenvalue weighted by atomic mass is 10.0. The first kappa shape index (κ1) is 14.3. The van der Waals surface area contributed by atoms with Gasteiger partial charge < -0.3 is 5.32 Å². The summed E-state index contributed by atoms with van der Waals surface area (Å²) in [5.41, 5.74) is 3.03. The van der Waals surface area contributed by atoms with E-state index >= 15 is 0 Å². The van der Waals surface area contributed by atoms with Crippen molar-refractivity contribution in [1.82, 2.24) is 5.32 Å². The molecule has 0 aliphatic heterocycles. The molecule has 1 unspecified atom stereocenters. The Morgan fingerprint density at radius 3 is 2.52 bits per heavy atom. The maximum Gasteiger partial charge on any atom is 0.252 e. The van der Waals surface area contributed by atoms with Crippen LogP contribution in [0.5, 0.6) is 0 Å². The molecular formula is C18H18BrNO. The molecule has 108 valence electrons. The van der Waals surface area contributed by atoms with Crippen molar-refractivity contribution < 1.29 is 4.79 Å². The summed E-state index contributed by atoms with van der Waals surface area (Å²) in [6.07, 6.45) is 2.38. The van der Waals surface area contributed by atoms with Crippen LogP contribution in [0.3, 0.4) is 0 Å². The Bertz CT molecular complexity index is 650. The zero-order valence-electron chi connectivity index (χ0n) is 12.0. The minimum absolute atomic E-state index is 0.0115. The number of amides is 1. The van der Waals surface area contributed by atoms with Gasteiger partial charge in [-0.3, -0.25) is 4.79 Å². The summed E-state index contributed by atoms with van der Waals surface area (Å²) in [4.78, 5) is 12.6. The number of benzene rings is 2. The minimum Gasteiger partial charge on any atom is -0.345 e. The lowest BCUT2D eigenvalue weighted by Crippen LogP contribution is -2.30. The highest BCUT2D eigenvalue weighted by molar-refractivity contribution is 9.10. The molecule has 3 heteroatoms. The molecular weight excluding hydrogens is 326 g/mol. The van der Waals surface area contributed by atoms with Crippen molar-refractivity contribution >= 4 is 21.8 Å². The molecule has 0 heterocycles. The van der Waals surface area contributed by atoms with Gasteiger partial charge in [0, 0.05) is 4.47 Å². The third-order valence-corrected chi connectivity index (χ3v) is 4.56. The Kier molecular flexibility index (Phi) is 4.11. The molecule has 2 aromatic rings. The normalized spacial score (nSPS) is 15.5. The average molecular weight is 344 g/mol. The van der Waals surface area contributed by atoms with Gasteiger partial charge in [-0.1, -0.05) is 36.4 Å². The summed E-state index contributed by atoms with van der Waals surface area (Å²) in [7, 11) is 0. The predicted molar refractivity (Wildman–Crippen MR) is 88.3 cm³/mol. The number of aryl methyl sites for hydroxylation is 1.